The zero-order chi connectivity index (χ0) is 15.3. The summed E-state index contributed by atoms with van der Waals surface area (Å²) in [7, 11) is 0. The highest BCUT2D eigenvalue weighted by Crippen LogP contribution is 2.37. The molecule has 0 spiro atoms. The van der Waals surface area contributed by atoms with Crippen molar-refractivity contribution in [2.75, 3.05) is 6.54 Å². The Kier molecular flexibility index (Phi) is 4.79. The van der Waals surface area contributed by atoms with Gasteiger partial charge < -0.3 is 14.6 Å². The van der Waals surface area contributed by atoms with Crippen LogP contribution in [-0.4, -0.2) is 16.7 Å². The lowest BCUT2D eigenvalue weighted by Crippen LogP contribution is -2.14. The van der Waals surface area contributed by atoms with Gasteiger partial charge in [0.2, 0.25) is 12.2 Å². The van der Waals surface area contributed by atoms with E-state index in [2.05, 4.69) is 20.0 Å². The van der Waals surface area contributed by atoms with Crippen molar-refractivity contribution in [2.24, 2.45) is 0 Å². The van der Waals surface area contributed by atoms with Crippen molar-refractivity contribution < 1.29 is 22.4 Å². The Hall–Kier alpha value is -2.09. The van der Waals surface area contributed by atoms with Crippen LogP contribution in [0, 0.1) is 0 Å². The Morgan fingerprint density at radius 2 is 2.14 bits per heavy atom. The predicted molar refractivity (Wildman–Crippen MR) is 67.5 cm³/mol. The number of alkyl halides is 3. The van der Waals surface area contributed by atoms with Gasteiger partial charge in [-0.05, 0) is 24.2 Å². The Labute approximate surface area is 119 Å². The third-order valence-electron chi connectivity index (χ3n) is 2.69. The Morgan fingerprint density at radius 1 is 1.33 bits per heavy atom. The number of ether oxygens (including phenoxy) is 1. The molecule has 0 atom stereocenters. The molecule has 0 amide bonds. The molecule has 2 aromatic rings. The molecule has 1 aromatic carbocycles. The SMILES string of the molecule is CCNCc1ccc(OCc2ncon2)c(C(F)(F)F)c1. The minimum Gasteiger partial charge on any atom is -0.485 e. The average molecular weight is 301 g/mol. The van der Waals surface area contributed by atoms with Gasteiger partial charge in [0.15, 0.2) is 6.61 Å². The number of halogens is 3. The molecular formula is C13H14F3N3O2. The van der Waals surface area contributed by atoms with E-state index in [1.54, 1.807) is 6.07 Å². The van der Waals surface area contributed by atoms with Gasteiger partial charge in [-0.15, -0.1) is 0 Å². The Morgan fingerprint density at radius 3 is 2.76 bits per heavy atom. The van der Waals surface area contributed by atoms with Crippen LogP contribution >= 0.6 is 0 Å². The van der Waals surface area contributed by atoms with Gasteiger partial charge in [-0.2, -0.15) is 18.2 Å². The lowest BCUT2D eigenvalue weighted by molar-refractivity contribution is -0.139. The second kappa shape index (κ2) is 6.57. The first-order chi connectivity index (χ1) is 10.0. The van der Waals surface area contributed by atoms with Gasteiger partial charge in [-0.1, -0.05) is 18.1 Å². The second-order valence-electron chi connectivity index (χ2n) is 4.24. The largest absolute Gasteiger partial charge is 0.485 e. The third-order valence-corrected chi connectivity index (χ3v) is 2.69. The van der Waals surface area contributed by atoms with Crippen LogP contribution in [0.4, 0.5) is 13.2 Å². The topological polar surface area (TPSA) is 60.2 Å². The molecule has 8 heteroatoms. The van der Waals surface area contributed by atoms with Gasteiger partial charge in [0, 0.05) is 6.54 Å². The number of rotatable bonds is 6. The number of hydrogen-bond donors (Lipinski definition) is 1. The van der Waals surface area contributed by atoms with Gasteiger partial charge in [-0.25, -0.2) is 0 Å². The molecule has 0 aliphatic heterocycles. The lowest BCUT2D eigenvalue weighted by atomic mass is 10.1. The van der Waals surface area contributed by atoms with E-state index in [4.69, 9.17) is 4.74 Å². The van der Waals surface area contributed by atoms with E-state index in [0.717, 1.165) is 12.5 Å². The quantitative estimate of drug-likeness (QED) is 0.889. The summed E-state index contributed by atoms with van der Waals surface area (Å²) < 4.78 is 48.8. The standard InChI is InChI=1S/C13H14F3N3O2/c1-2-17-6-9-3-4-11(10(5-9)13(14,15)16)20-7-12-18-8-21-19-12/h3-5,8,17H,2,6-7H2,1H3. The van der Waals surface area contributed by atoms with Gasteiger partial charge in [0.05, 0.1) is 5.56 Å². The first kappa shape index (κ1) is 15.3. The highest BCUT2D eigenvalue weighted by atomic mass is 19.4. The minimum atomic E-state index is -4.49. The fourth-order valence-electron chi connectivity index (χ4n) is 1.70. The molecule has 2 rings (SSSR count). The van der Waals surface area contributed by atoms with Crippen LogP contribution in [-0.2, 0) is 19.3 Å². The van der Waals surface area contributed by atoms with E-state index in [0.29, 0.717) is 18.7 Å². The van der Waals surface area contributed by atoms with E-state index in [1.165, 1.54) is 6.07 Å². The molecule has 5 nitrogen and oxygen atoms in total. The fourth-order valence-corrected chi connectivity index (χ4v) is 1.70. The molecule has 0 fully saturated rings. The summed E-state index contributed by atoms with van der Waals surface area (Å²) in [5, 5.41) is 6.46. The maximum atomic E-state index is 13.1. The van der Waals surface area contributed by atoms with Gasteiger partial charge in [0.1, 0.15) is 5.75 Å². The number of hydrogen-bond acceptors (Lipinski definition) is 5. The van der Waals surface area contributed by atoms with Crippen LogP contribution in [0.25, 0.3) is 0 Å². The molecule has 114 valence electrons. The summed E-state index contributed by atoms with van der Waals surface area (Å²) in [4.78, 5) is 3.69. The molecule has 0 saturated carbocycles. The molecule has 0 radical (unpaired) electrons. The Balaban J connectivity index is 2.18. The molecule has 1 heterocycles. The minimum absolute atomic E-state index is 0.180. The molecule has 1 N–H and O–H groups in total. The number of nitrogens with zero attached hydrogens (tertiary/aromatic N) is 2. The molecule has 0 aliphatic carbocycles. The lowest BCUT2D eigenvalue weighted by Gasteiger charge is -2.14. The second-order valence-corrected chi connectivity index (χ2v) is 4.24. The molecular weight excluding hydrogens is 287 g/mol. The summed E-state index contributed by atoms with van der Waals surface area (Å²) >= 11 is 0. The molecule has 21 heavy (non-hydrogen) atoms. The van der Waals surface area contributed by atoms with Crippen molar-refractivity contribution in [3.63, 3.8) is 0 Å². The summed E-state index contributed by atoms with van der Waals surface area (Å²) in [5.41, 5.74) is -0.280. The maximum absolute atomic E-state index is 13.1. The number of nitrogens with one attached hydrogen (secondary N) is 1. The zero-order valence-corrected chi connectivity index (χ0v) is 11.3. The summed E-state index contributed by atoms with van der Waals surface area (Å²) in [5.74, 6) is -0.0765. The van der Waals surface area contributed by atoms with E-state index in [-0.39, 0.29) is 18.2 Å². The summed E-state index contributed by atoms with van der Waals surface area (Å²) in [6.45, 7) is 2.74. The van der Waals surface area contributed by atoms with Crippen molar-refractivity contribution in [1.82, 2.24) is 15.5 Å². The molecule has 0 aliphatic rings. The first-order valence-electron chi connectivity index (χ1n) is 6.29. The van der Waals surface area contributed by atoms with Gasteiger partial charge in [-0.3, -0.25) is 0 Å². The predicted octanol–water partition coefficient (Wildman–Crippen LogP) is 2.78. The van der Waals surface area contributed by atoms with Crippen molar-refractivity contribution in [3.8, 4) is 5.75 Å². The fraction of sp³-hybridized carbons (Fsp3) is 0.385. The zero-order valence-electron chi connectivity index (χ0n) is 11.3. The third kappa shape index (κ3) is 4.19. The van der Waals surface area contributed by atoms with Crippen LogP contribution < -0.4 is 10.1 Å². The summed E-state index contributed by atoms with van der Waals surface area (Å²) in [6.07, 6.45) is -3.41. The monoisotopic (exact) mass is 301 g/mol. The van der Waals surface area contributed by atoms with Crippen LogP contribution in [0.1, 0.15) is 23.9 Å². The van der Waals surface area contributed by atoms with Crippen LogP contribution in [0.5, 0.6) is 5.75 Å². The maximum Gasteiger partial charge on any atom is 0.419 e. The first-order valence-corrected chi connectivity index (χ1v) is 6.29. The highest BCUT2D eigenvalue weighted by Gasteiger charge is 2.34. The smallest absolute Gasteiger partial charge is 0.419 e. The molecule has 0 saturated heterocycles. The van der Waals surface area contributed by atoms with Crippen molar-refractivity contribution >= 4 is 0 Å². The molecule has 1 aromatic heterocycles. The molecule has 0 bridgehead atoms. The molecule has 0 unspecified atom stereocenters. The van der Waals surface area contributed by atoms with Crippen LogP contribution in [0.2, 0.25) is 0 Å². The van der Waals surface area contributed by atoms with Gasteiger partial charge >= 0.3 is 6.18 Å². The van der Waals surface area contributed by atoms with E-state index >= 15 is 0 Å². The normalized spacial score (nSPS) is 11.6. The van der Waals surface area contributed by atoms with Crippen molar-refractivity contribution in [2.45, 2.75) is 26.3 Å². The number of benzene rings is 1. The summed E-state index contributed by atoms with van der Waals surface area (Å²) in [6, 6.07) is 3.97. The van der Waals surface area contributed by atoms with E-state index < -0.39 is 11.7 Å². The average Bonchev–Trinajstić information content (AvgIpc) is 2.95. The van der Waals surface area contributed by atoms with E-state index in [9.17, 15) is 13.2 Å². The van der Waals surface area contributed by atoms with Crippen molar-refractivity contribution in [3.05, 3.63) is 41.5 Å². The number of aromatic nitrogens is 2. The highest BCUT2D eigenvalue weighted by molar-refractivity contribution is 5.39. The van der Waals surface area contributed by atoms with Crippen LogP contribution in [0.3, 0.4) is 0 Å². The van der Waals surface area contributed by atoms with E-state index in [1.807, 2.05) is 6.92 Å². The van der Waals surface area contributed by atoms with Crippen molar-refractivity contribution in [1.29, 1.82) is 0 Å². The Bertz CT molecular complexity index is 571. The van der Waals surface area contributed by atoms with Gasteiger partial charge in [0.25, 0.3) is 0 Å². The van der Waals surface area contributed by atoms with Crippen LogP contribution in [0.15, 0.2) is 29.1 Å².